The maximum Gasteiger partial charge on any atom is 0.356 e. The Labute approximate surface area is 234 Å². The highest BCUT2D eigenvalue weighted by Gasteiger charge is 2.18. The van der Waals surface area contributed by atoms with E-state index in [1.165, 1.54) is 29.0 Å². The number of ether oxygens (including phenoxy) is 2. The summed E-state index contributed by atoms with van der Waals surface area (Å²) in [6.45, 7) is 14.8. The average Bonchev–Trinajstić information content (AvgIpc) is 3.45. The Balaban J connectivity index is 0.00000191. The molecule has 0 saturated carbocycles. The highest BCUT2D eigenvalue weighted by molar-refractivity contribution is 5.88. The van der Waals surface area contributed by atoms with Crippen LogP contribution in [-0.4, -0.2) is 39.2 Å². The number of esters is 1. The summed E-state index contributed by atoms with van der Waals surface area (Å²) in [7, 11) is 1.26. The van der Waals surface area contributed by atoms with Gasteiger partial charge in [0.1, 0.15) is 23.9 Å². The summed E-state index contributed by atoms with van der Waals surface area (Å²) < 4.78 is 38.9. The van der Waals surface area contributed by atoms with Crippen LogP contribution >= 0.6 is 0 Å². The van der Waals surface area contributed by atoms with E-state index < -0.39 is 17.6 Å². The Morgan fingerprint density at radius 3 is 2.33 bits per heavy atom. The number of rotatable bonds is 9. The van der Waals surface area contributed by atoms with Gasteiger partial charge in [0.05, 0.1) is 25.2 Å². The highest BCUT2D eigenvalue weighted by atomic mass is 19.1. The monoisotopic (exact) mass is 557 g/mol. The molecule has 3 aromatic heterocycles. The normalized spacial score (nSPS) is 10.3. The fourth-order valence-electron chi connectivity index (χ4n) is 3.24. The lowest BCUT2D eigenvalue weighted by atomic mass is 10.2. The van der Waals surface area contributed by atoms with Crippen molar-refractivity contribution in [2.24, 2.45) is 0 Å². The van der Waals surface area contributed by atoms with Crippen LogP contribution in [0.15, 0.2) is 59.9 Å². The molecule has 3 heterocycles. The molecule has 0 radical (unpaired) electrons. The predicted octanol–water partition coefficient (Wildman–Crippen LogP) is 6.47. The van der Waals surface area contributed by atoms with Crippen LogP contribution in [0.5, 0.6) is 0 Å². The molecule has 0 aromatic carbocycles. The fourth-order valence-corrected chi connectivity index (χ4v) is 3.24. The van der Waals surface area contributed by atoms with Gasteiger partial charge < -0.3 is 9.47 Å². The largest absolute Gasteiger partial charge is 0.487 e. The summed E-state index contributed by atoms with van der Waals surface area (Å²) in [5.74, 6) is -1.49. The molecule has 11 heteroatoms. The standard InChI is InChI=1S/C25H25F2N5O4.2C2H6/c1-15(2)23(36-13-20-19(27)9-18(26)12-28-20)8-17(4)31(14-33)22-10-24(29-11-16(22)3)32-21(6-7-30-32)25(34)35-5;2*1-2/h6-12,14H,13H2,1-5H3;2*1-2H3/b17-8-;;. The number of pyridine rings is 2. The number of aryl methyl sites for hydroxylation is 1. The van der Waals surface area contributed by atoms with E-state index in [0.29, 0.717) is 34.9 Å². The van der Waals surface area contributed by atoms with Crippen molar-refractivity contribution in [3.63, 3.8) is 0 Å². The summed E-state index contributed by atoms with van der Waals surface area (Å²) in [4.78, 5) is 33.6. The molecule has 0 unspecified atom stereocenters. The molecule has 0 spiro atoms. The van der Waals surface area contributed by atoms with E-state index >= 15 is 0 Å². The van der Waals surface area contributed by atoms with Crippen molar-refractivity contribution in [2.45, 2.75) is 62.0 Å². The number of hydrogen-bond donors (Lipinski definition) is 0. The van der Waals surface area contributed by atoms with Gasteiger partial charge in [0.25, 0.3) is 0 Å². The zero-order valence-electron chi connectivity index (χ0n) is 24.5. The summed E-state index contributed by atoms with van der Waals surface area (Å²) in [6.07, 6.45) is 6.16. The lowest BCUT2D eigenvalue weighted by Crippen LogP contribution is -2.21. The molecule has 0 N–H and O–H groups in total. The number of aromatic nitrogens is 4. The highest BCUT2D eigenvalue weighted by Crippen LogP contribution is 2.26. The van der Waals surface area contributed by atoms with Gasteiger partial charge in [0.15, 0.2) is 17.3 Å². The number of halogens is 2. The Morgan fingerprint density at radius 2 is 1.75 bits per heavy atom. The van der Waals surface area contributed by atoms with Crippen LogP contribution in [0.3, 0.4) is 0 Å². The number of allylic oxidation sites excluding steroid dienone is 3. The molecule has 0 aliphatic rings. The topological polar surface area (TPSA) is 99.4 Å². The minimum Gasteiger partial charge on any atom is -0.487 e. The number of hydrogen-bond acceptors (Lipinski definition) is 7. The Bertz CT molecular complexity index is 1350. The fraction of sp³-hybridized carbons (Fsp3) is 0.345. The van der Waals surface area contributed by atoms with Gasteiger partial charge >= 0.3 is 5.97 Å². The van der Waals surface area contributed by atoms with Crippen LogP contribution in [-0.2, 0) is 20.9 Å². The number of anilines is 1. The van der Waals surface area contributed by atoms with Crippen LogP contribution in [0.2, 0.25) is 0 Å². The van der Waals surface area contributed by atoms with E-state index in [-0.39, 0.29) is 18.0 Å². The first kappa shape index (κ1) is 33.6. The first-order chi connectivity index (χ1) is 19.2. The van der Waals surface area contributed by atoms with E-state index in [1.807, 2.05) is 27.7 Å². The van der Waals surface area contributed by atoms with E-state index in [0.717, 1.165) is 17.8 Å². The molecule has 9 nitrogen and oxygen atoms in total. The van der Waals surface area contributed by atoms with Crippen molar-refractivity contribution in [2.75, 3.05) is 12.0 Å². The van der Waals surface area contributed by atoms with Gasteiger partial charge in [0.2, 0.25) is 6.41 Å². The van der Waals surface area contributed by atoms with Crippen molar-refractivity contribution in [3.8, 4) is 5.82 Å². The van der Waals surface area contributed by atoms with E-state index in [2.05, 4.69) is 15.1 Å². The molecular formula is C29H37F2N5O4. The Kier molecular flexibility index (Phi) is 13.9. The van der Waals surface area contributed by atoms with Crippen LogP contribution in [0.25, 0.3) is 5.82 Å². The van der Waals surface area contributed by atoms with Crippen molar-refractivity contribution < 1.29 is 27.8 Å². The number of carbonyl (C=O) groups is 2. The zero-order chi connectivity index (χ0) is 30.4. The molecule has 3 rings (SSSR count). The minimum atomic E-state index is -0.816. The molecule has 0 aliphatic heterocycles. The first-order valence-electron chi connectivity index (χ1n) is 12.8. The maximum absolute atomic E-state index is 14.0. The lowest BCUT2D eigenvalue weighted by molar-refractivity contribution is -0.107. The number of carbonyl (C=O) groups excluding carboxylic acids is 2. The van der Waals surface area contributed by atoms with Gasteiger partial charge in [0, 0.05) is 24.0 Å². The van der Waals surface area contributed by atoms with Crippen molar-refractivity contribution in [1.82, 2.24) is 19.7 Å². The molecular weight excluding hydrogens is 520 g/mol. The summed E-state index contributed by atoms with van der Waals surface area (Å²) in [6, 6.07) is 3.84. The molecule has 0 atom stereocenters. The second-order valence-electron chi connectivity index (χ2n) is 7.94. The third-order valence-corrected chi connectivity index (χ3v) is 5.14. The Hall–Kier alpha value is -4.41. The second-order valence-corrected chi connectivity index (χ2v) is 7.94. The van der Waals surface area contributed by atoms with Crippen LogP contribution in [0.4, 0.5) is 14.5 Å². The van der Waals surface area contributed by atoms with Gasteiger partial charge in [-0.05, 0) is 51.0 Å². The molecule has 0 bridgehead atoms. The van der Waals surface area contributed by atoms with E-state index in [9.17, 15) is 18.4 Å². The van der Waals surface area contributed by atoms with Gasteiger partial charge in [-0.3, -0.25) is 14.7 Å². The average molecular weight is 558 g/mol. The lowest BCUT2D eigenvalue weighted by Gasteiger charge is -2.22. The number of nitrogens with zero attached hydrogens (tertiary/aromatic N) is 5. The van der Waals surface area contributed by atoms with Gasteiger partial charge in [-0.2, -0.15) is 5.10 Å². The van der Waals surface area contributed by atoms with Crippen LogP contribution < -0.4 is 4.90 Å². The quantitative estimate of drug-likeness (QED) is 0.129. The predicted molar refractivity (Wildman–Crippen MR) is 150 cm³/mol. The van der Waals surface area contributed by atoms with Gasteiger partial charge in [-0.25, -0.2) is 23.2 Å². The smallest absolute Gasteiger partial charge is 0.356 e. The van der Waals surface area contributed by atoms with E-state index in [4.69, 9.17) is 9.47 Å². The van der Waals surface area contributed by atoms with Crippen molar-refractivity contribution in [1.29, 1.82) is 0 Å². The molecule has 0 fully saturated rings. The maximum atomic E-state index is 14.0. The minimum absolute atomic E-state index is 0.0521. The third-order valence-electron chi connectivity index (χ3n) is 5.14. The molecule has 1 amide bonds. The van der Waals surface area contributed by atoms with Crippen molar-refractivity contribution >= 4 is 18.1 Å². The van der Waals surface area contributed by atoms with Crippen LogP contribution in [0.1, 0.15) is 70.2 Å². The van der Waals surface area contributed by atoms with Gasteiger partial charge in [-0.1, -0.05) is 27.7 Å². The Morgan fingerprint density at radius 1 is 1.07 bits per heavy atom. The second kappa shape index (κ2) is 16.5. The first-order valence-corrected chi connectivity index (χ1v) is 12.8. The SMILES string of the molecule is CC.CC.COC(=O)c1ccnn1-c1cc(N(C=O)/C(C)=C\C(OCc2ncc(F)cc2F)=C(C)C)c(C)cn1. The third kappa shape index (κ3) is 8.55. The van der Waals surface area contributed by atoms with Gasteiger partial charge in [-0.15, -0.1) is 0 Å². The number of amides is 1. The summed E-state index contributed by atoms with van der Waals surface area (Å²) >= 11 is 0. The number of methoxy groups -OCH3 is 1. The molecule has 3 aromatic rings. The zero-order valence-corrected chi connectivity index (χ0v) is 24.5. The van der Waals surface area contributed by atoms with Crippen LogP contribution in [0, 0.1) is 18.6 Å². The molecule has 40 heavy (non-hydrogen) atoms. The molecule has 0 saturated heterocycles. The molecule has 0 aliphatic carbocycles. The molecule has 216 valence electrons. The summed E-state index contributed by atoms with van der Waals surface area (Å²) in [5.41, 5.74) is 2.55. The van der Waals surface area contributed by atoms with E-state index in [1.54, 1.807) is 46.0 Å². The van der Waals surface area contributed by atoms with Crippen molar-refractivity contribution in [3.05, 3.63) is 88.5 Å². The summed E-state index contributed by atoms with van der Waals surface area (Å²) in [5, 5.41) is 4.14.